The van der Waals surface area contributed by atoms with Crippen LogP contribution in [0.3, 0.4) is 0 Å². The number of rotatable bonds is 5. The van der Waals surface area contributed by atoms with E-state index in [0.717, 1.165) is 29.2 Å². The molecule has 0 bridgehead atoms. The van der Waals surface area contributed by atoms with Crippen LogP contribution in [0.5, 0.6) is 5.75 Å². The molecule has 3 nitrogen and oxygen atoms in total. The Kier molecular flexibility index (Phi) is 4.81. The van der Waals surface area contributed by atoms with Crippen molar-refractivity contribution in [3.63, 3.8) is 0 Å². The van der Waals surface area contributed by atoms with Gasteiger partial charge in [-0.1, -0.05) is 66.2 Å². The fraction of sp³-hybridized carbons (Fsp3) is 0.227. The Balaban J connectivity index is 1.72. The molecule has 1 amide bonds. The summed E-state index contributed by atoms with van der Waals surface area (Å²) in [6.45, 7) is 0.399. The molecule has 26 heavy (non-hydrogen) atoms. The van der Waals surface area contributed by atoms with Crippen LogP contribution in [0.15, 0.2) is 60.7 Å². The van der Waals surface area contributed by atoms with Crippen LogP contribution in [0.2, 0.25) is 5.02 Å². The van der Waals surface area contributed by atoms with E-state index in [1.165, 1.54) is 6.42 Å². The summed E-state index contributed by atoms with van der Waals surface area (Å²) < 4.78 is 6.13. The topological polar surface area (TPSA) is 38.3 Å². The first-order valence-corrected chi connectivity index (χ1v) is 9.29. The summed E-state index contributed by atoms with van der Waals surface area (Å²) in [4.78, 5) is 12.8. The van der Waals surface area contributed by atoms with E-state index in [1.54, 1.807) is 6.07 Å². The van der Waals surface area contributed by atoms with Gasteiger partial charge in [0.25, 0.3) is 5.91 Å². The third-order valence-electron chi connectivity index (χ3n) is 4.86. The highest BCUT2D eigenvalue weighted by molar-refractivity contribution is 6.36. The maximum Gasteiger partial charge on any atom is 0.255 e. The quantitative estimate of drug-likeness (QED) is 0.661. The van der Waals surface area contributed by atoms with Crippen molar-refractivity contribution in [2.45, 2.75) is 31.9 Å². The van der Waals surface area contributed by atoms with Crippen molar-refractivity contribution in [2.24, 2.45) is 0 Å². The molecule has 0 saturated heterocycles. The van der Waals surface area contributed by atoms with Gasteiger partial charge in [-0.15, -0.1) is 0 Å². The average Bonchev–Trinajstić information content (AvgIpc) is 2.64. The second-order valence-corrected chi connectivity index (χ2v) is 7.06. The zero-order chi connectivity index (χ0) is 17.9. The van der Waals surface area contributed by atoms with E-state index in [4.69, 9.17) is 16.3 Å². The van der Waals surface area contributed by atoms with E-state index in [0.29, 0.717) is 22.9 Å². The third kappa shape index (κ3) is 3.40. The third-order valence-corrected chi connectivity index (χ3v) is 5.17. The molecule has 1 aliphatic rings. The molecule has 1 fully saturated rings. The molecule has 132 valence electrons. The molecule has 0 aliphatic heterocycles. The van der Waals surface area contributed by atoms with Crippen molar-refractivity contribution >= 4 is 28.3 Å². The molecule has 4 heteroatoms. The Morgan fingerprint density at radius 3 is 2.42 bits per heavy atom. The highest BCUT2D eigenvalue weighted by Gasteiger charge is 2.24. The lowest BCUT2D eigenvalue weighted by molar-refractivity contribution is 0.0912. The minimum Gasteiger partial charge on any atom is -0.487 e. The van der Waals surface area contributed by atoms with Gasteiger partial charge < -0.3 is 10.1 Å². The van der Waals surface area contributed by atoms with E-state index in [9.17, 15) is 4.79 Å². The van der Waals surface area contributed by atoms with Crippen LogP contribution < -0.4 is 10.1 Å². The fourth-order valence-corrected chi connectivity index (χ4v) is 3.45. The Labute approximate surface area is 157 Å². The van der Waals surface area contributed by atoms with Gasteiger partial charge in [-0.2, -0.15) is 0 Å². The van der Waals surface area contributed by atoms with Gasteiger partial charge in [-0.05, 0) is 30.9 Å². The molecule has 0 heterocycles. The molecule has 1 N–H and O–H groups in total. The van der Waals surface area contributed by atoms with Gasteiger partial charge >= 0.3 is 0 Å². The fourth-order valence-electron chi connectivity index (χ4n) is 3.17. The molecule has 0 spiro atoms. The van der Waals surface area contributed by atoms with Crippen LogP contribution in [0.4, 0.5) is 0 Å². The SMILES string of the molecule is O=C(NC1CCC1)c1cc(Cl)c2ccccc2c1OCc1ccccc1. The maximum atomic E-state index is 12.8. The molecule has 3 aromatic carbocycles. The minimum absolute atomic E-state index is 0.120. The first-order valence-electron chi connectivity index (χ1n) is 8.91. The smallest absolute Gasteiger partial charge is 0.255 e. The monoisotopic (exact) mass is 365 g/mol. The zero-order valence-electron chi connectivity index (χ0n) is 14.4. The lowest BCUT2D eigenvalue weighted by Gasteiger charge is -2.27. The molecule has 4 rings (SSSR count). The lowest BCUT2D eigenvalue weighted by Crippen LogP contribution is -2.39. The number of hydrogen-bond acceptors (Lipinski definition) is 2. The highest BCUT2D eigenvalue weighted by atomic mass is 35.5. The van der Waals surface area contributed by atoms with Gasteiger partial charge in [-0.25, -0.2) is 0 Å². The number of carbonyl (C=O) groups excluding carboxylic acids is 1. The predicted molar refractivity (Wildman–Crippen MR) is 105 cm³/mol. The van der Waals surface area contributed by atoms with Crippen molar-refractivity contribution < 1.29 is 9.53 Å². The van der Waals surface area contributed by atoms with E-state index in [1.807, 2.05) is 54.6 Å². The molecule has 0 unspecified atom stereocenters. The summed E-state index contributed by atoms with van der Waals surface area (Å²) in [5, 5.41) is 5.39. The summed E-state index contributed by atoms with van der Waals surface area (Å²) in [6.07, 6.45) is 3.24. The molecule has 1 aliphatic carbocycles. The van der Waals surface area contributed by atoms with Crippen LogP contribution in [0, 0.1) is 0 Å². The van der Waals surface area contributed by atoms with Crippen molar-refractivity contribution in [3.05, 3.63) is 76.8 Å². The maximum absolute atomic E-state index is 12.8. The highest BCUT2D eigenvalue weighted by Crippen LogP contribution is 2.36. The van der Waals surface area contributed by atoms with Gasteiger partial charge in [0.1, 0.15) is 12.4 Å². The number of hydrogen-bond donors (Lipinski definition) is 1. The summed E-state index contributed by atoms with van der Waals surface area (Å²) in [6, 6.07) is 19.7. The van der Waals surface area contributed by atoms with Crippen LogP contribution >= 0.6 is 11.6 Å². The molecule has 1 saturated carbocycles. The predicted octanol–water partition coefficient (Wildman–Crippen LogP) is 5.35. The Morgan fingerprint density at radius 1 is 1.04 bits per heavy atom. The molecule has 0 radical (unpaired) electrons. The number of amides is 1. The summed E-state index contributed by atoms with van der Waals surface area (Å²) >= 11 is 6.44. The summed E-state index contributed by atoms with van der Waals surface area (Å²) in [7, 11) is 0. The number of ether oxygens (including phenoxy) is 1. The first-order chi connectivity index (χ1) is 12.7. The first kappa shape index (κ1) is 16.9. The molecule has 0 aromatic heterocycles. The molecule has 0 atom stereocenters. The van der Waals surface area contributed by atoms with Crippen molar-refractivity contribution in [2.75, 3.05) is 0 Å². The van der Waals surface area contributed by atoms with Crippen LogP contribution in [0.25, 0.3) is 10.8 Å². The Bertz CT molecular complexity index is 936. The number of benzene rings is 3. The second kappa shape index (κ2) is 7.38. The Morgan fingerprint density at radius 2 is 1.73 bits per heavy atom. The van der Waals surface area contributed by atoms with Crippen LogP contribution in [0.1, 0.15) is 35.2 Å². The number of halogens is 1. The normalized spacial score (nSPS) is 14.0. The largest absolute Gasteiger partial charge is 0.487 e. The number of carbonyl (C=O) groups is 1. The molecular weight excluding hydrogens is 346 g/mol. The summed E-state index contributed by atoms with van der Waals surface area (Å²) in [5.74, 6) is 0.469. The van der Waals surface area contributed by atoms with E-state index < -0.39 is 0 Å². The van der Waals surface area contributed by atoms with Gasteiger partial charge in [0, 0.05) is 21.8 Å². The second-order valence-electron chi connectivity index (χ2n) is 6.66. The average molecular weight is 366 g/mol. The summed E-state index contributed by atoms with van der Waals surface area (Å²) in [5.41, 5.74) is 1.55. The van der Waals surface area contributed by atoms with Gasteiger partial charge in [0.2, 0.25) is 0 Å². The van der Waals surface area contributed by atoms with E-state index in [2.05, 4.69) is 5.32 Å². The zero-order valence-corrected chi connectivity index (χ0v) is 15.1. The van der Waals surface area contributed by atoms with Crippen molar-refractivity contribution in [1.29, 1.82) is 0 Å². The van der Waals surface area contributed by atoms with E-state index >= 15 is 0 Å². The van der Waals surface area contributed by atoms with Crippen LogP contribution in [-0.4, -0.2) is 11.9 Å². The van der Waals surface area contributed by atoms with Gasteiger partial charge in [0.05, 0.1) is 5.56 Å². The molecule has 3 aromatic rings. The Hall–Kier alpha value is -2.52. The van der Waals surface area contributed by atoms with Crippen molar-refractivity contribution in [1.82, 2.24) is 5.32 Å². The van der Waals surface area contributed by atoms with Gasteiger partial charge in [0.15, 0.2) is 0 Å². The van der Waals surface area contributed by atoms with E-state index in [-0.39, 0.29) is 11.9 Å². The lowest BCUT2D eigenvalue weighted by atomic mass is 9.92. The standard InChI is InChI=1S/C22H20ClNO2/c23-20-13-19(22(25)24-16-9-6-10-16)21(18-12-5-4-11-17(18)20)26-14-15-7-2-1-3-8-15/h1-5,7-8,11-13,16H,6,9-10,14H2,(H,24,25). The number of fused-ring (bicyclic) bond motifs is 1. The minimum atomic E-state index is -0.120. The van der Waals surface area contributed by atoms with Crippen LogP contribution in [-0.2, 0) is 6.61 Å². The van der Waals surface area contributed by atoms with Crippen molar-refractivity contribution in [3.8, 4) is 5.75 Å². The molecular formula is C22H20ClNO2. The number of nitrogens with one attached hydrogen (secondary N) is 1. The van der Waals surface area contributed by atoms with Gasteiger partial charge in [-0.3, -0.25) is 4.79 Å².